The number of benzene rings is 1. The zero-order chi connectivity index (χ0) is 17.7. The quantitative estimate of drug-likeness (QED) is 0.540. The highest BCUT2D eigenvalue weighted by Crippen LogP contribution is 2.25. The minimum atomic E-state index is -3.93. The number of sulfonamides is 1. The molecule has 1 aliphatic heterocycles. The van der Waals surface area contributed by atoms with Crippen LogP contribution in [-0.4, -0.2) is 31.1 Å². The Morgan fingerprint density at radius 2 is 2.00 bits per heavy atom. The van der Waals surface area contributed by atoms with E-state index in [1.165, 1.54) is 12.1 Å². The highest BCUT2D eigenvalue weighted by molar-refractivity contribution is 8.15. The van der Waals surface area contributed by atoms with Crippen LogP contribution in [-0.2, 0) is 19.8 Å². The van der Waals surface area contributed by atoms with Gasteiger partial charge in [0.15, 0.2) is 5.84 Å². The van der Waals surface area contributed by atoms with Gasteiger partial charge in [0.05, 0.1) is 15.6 Å². The molecule has 2 rings (SSSR count). The van der Waals surface area contributed by atoms with E-state index in [-0.39, 0.29) is 28.6 Å². The molecule has 24 heavy (non-hydrogen) atoms. The highest BCUT2D eigenvalue weighted by Gasteiger charge is 2.23. The molecule has 1 fully saturated rings. The smallest absolute Gasteiger partial charge is 0.304 e. The SMILES string of the molecule is Cc1ccc(S(=O)(=O)/N=C2\NONC2=C(S)SCCC(=O)O)cc1. The molecule has 0 amide bonds. The van der Waals surface area contributed by atoms with E-state index in [9.17, 15) is 13.2 Å². The molecule has 0 radical (unpaired) electrons. The lowest BCUT2D eigenvalue weighted by Crippen LogP contribution is -2.17. The molecule has 130 valence electrons. The molecule has 8 nitrogen and oxygen atoms in total. The van der Waals surface area contributed by atoms with Crippen molar-refractivity contribution in [1.82, 2.24) is 11.0 Å². The summed E-state index contributed by atoms with van der Waals surface area (Å²) in [5.41, 5.74) is 5.96. The lowest BCUT2D eigenvalue weighted by Gasteiger charge is -2.04. The average Bonchev–Trinajstić information content (AvgIpc) is 2.94. The van der Waals surface area contributed by atoms with E-state index < -0.39 is 16.0 Å². The summed E-state index contributed by atoms with van der Waals surface area (Å²) in [6.07, 6.45) is -0.0512. The number of hydrogen-bond acceptors (Lipinski definition) is 7. The number of rotatable bonds is 6. The van der Waals surface area contributed by atoms with E-state index in [2.05, 4.69) is 28.0 Å². The number of carbonyl (C=O) groups is 1. The number of nitrogens with zero attached hydrogens (tertiary/aromatic N) is 1. The van der Waals surface area contributed by atoms with Gasteiger partial charge in [0, 0.05) is 5.75 Å². The third kappa shape index (κ3) is 4.90. The molecule has 0 aliphatic carbocycles. The minimum Gasteiger partial charge on any atom is -0.481 e. The monoisotopic (exact) mass is 389 g/mol. The maximum absolute atomic E-state index is 12.3. The number of hydrogen-bond donors (Lipinski definition) is 4. The van der Waals surface area contributed by atoms with Crippen LogP contribution in [0.25, 0.3) is 0 Å². The van der Waals surface area contributed by atoms with E-state index in [0.717, 1.165) is 17.3 Å². The molecule has 1 aliphatic rings. The number of aliphatic carboxylic acids is 1. The van der Waals surface area contributed by atoms with E-state index >= 15 is 0 Å². The van der Waals surface area contributed by atoms with Gasteiger partial charge >= 0.3 is 5.97 Å². The number of thioether (sulfide) groups is 1. The van der Waals surface area contributed by atoms with Crippen molar-refractivity contribution in [3.63, 3.8) is 0 Å². The molecular formula is C13H15N3O5S3. The topological polar surface area (TPSA) is 117 Å². The number of nitrogens with one attached hydrogen (secondary N) is 2. The van der Waals surface area contributed by atoms with Crippen LogP contribution in [0.2, 0.25) is 0 Å². The van der Waals surface area contributed by atoms with E-state index in [0.29, 0.717) is 4.24 Å². The Bertz CT molecular complexity index is 788. The summed E-state index contributed by atoms with van der Waals surface area (Å²) in [7, 11) is -3.93. The Labute approximate surface area is 148 Å². The second kappa shape index (κ2) is 7.92. The van der Waals surface area contributed by atoms with Gasteiger partial charge in [-0.05, 0) is 19.1 Å². The van der Waals surface area contributed by atoms with Crippen molar-refractivity contribution < 1.29 is 23.3 Å². The fraction of sp³-hybridized carbons (Fsp3) is 0.231. The first-order valence-corrected chi connectivity index (χ1v) is 9.54. The Balaban J connectivity index is 2.23. The number of carboxylic acids is 1. The number of amidine groups is 1. The molecule has 0 unspecified atom stereocenters. The molecule has 1 aromatic rings. The summed E-state index contributed by atoms with van der Waals surface area (Å²) in [4.78, 5) is 15.4. The summed E-state index contributed by atoms with van der Waals surface area (Å²) < 4.78 is 28.7. The van der Waals surface area contributed by atoms with Gasteiger partial charge in [0.2, 0.25) is 0 Å². The van der Waals surface area contributed by atoms with E-state index in [4.69, 9.17) is 10.0 Å². The van der Waals surface area contributed by atoms with Crippen LogP contribution in [0.1, 0.15) is 12.0 Å². The molecule has 0 aromatic heterocycles. The standard InChI is InChI=1S/C13H15N3O5S3/c1-8-2-4-9(5-3-8)24(19,20)16-12-11(14-21-15-12)13(22)23-7-6-10(17)18/h2-5,14,22H,6-7H2,1H3,(H,15,16)(H,17,18). The highest BCUT2D eigenvalue weighted by atomic mass is 32.2. The van der Waals surface area contributed by atoms with Gasteiger partial charge in [-0.1, -0.05) is 17.7 Å². The third-order valence-corrected chi connectivity index (χ3v) is 5.62. The van der Waals surface area contributed by atoms with Crippen LogP contribution in [0.3, 0.4) is 0 Å². The average molecular weight is 389 g/mol. The normalized spacial score (nSPS) is 18.2. The molecular weight excluding hydrogens is 374 g/mol. The van der Waals surface area contributed by atoms with Crippen LogP contribution in [0.15, 0.2) is 43.5 Å². The first kappa shape index (κ1) is 18.6. The molecule has 0 atom stereocenters. The Kier molecular flexibility index (Phi) is 6.15. The fourth-order valence-electron chi connectivity index (χ4n) is 1.62. The predicted molar refractivity (Wildman–Crippen MR) is 93.9 cm³/mol. The van der Waals surface area contributed by atoms with Crippen molar-refractivity contribution in [2.24, 2.45) is 4.40 Å². The molecule has 0 bridgehead atoms. The number of aryl methyl sites for hydroxylation is 1. The van der Waals surface area contributed by atoms with Crippen molar-refractivity contribution in [3.8, 4) is 0 Å². The first-order chi connectivity index (χ1) is 11.3. The summed E-state index contributed by atoms with van der Waals surface area (Å²) in [6, 6.07) is 6.27. The fourth-order valence-corrected chi connectivity index (χ4v) is 3.76. The lowest BCUT2D eigenvalue weighted by molar-refractivity contribution is -0.136. The van der Waals surface area contributed by atoms with Gasteiger partial charge in [0.25, 0.3) is 10.0 Å². The van der Waals surface area contributed by atoms with Gasteiger partial charge in [0.1, 0.15) is 5.70 Å². The lowest BCUT2D eigenvalue weighted by atomic mass is 10.2. The van der Waals surface area contributed by atoms with Gasteiger partial charge in [-0.2, -0.15) is 13.4 Å². The second-order valence-corrected chi connectivity index (χ2v) is 8.17. The van der Waals surface area contributed by atoms with Crippen molar-refractivity contribution in [1.29, 1.82) is 0 Å². The van der Waals surface area contributed by atoms with Crippen molar-refractivity contribution in [2.45, 2.75) is 18.2 Å². The van der Waals surface area contributed by atoms with E-state index in [1.54, 1.807) is 12.1 Å². The Hall–Kier alpha value is -1.69. The number of carboxylic acid groups (broad SMARTS) is 1. The Morgan fingerprint density at radius 3 is 2.62 bits per heavy atom. The number of thiol groups is 1. The zero-order valence-electron chi connectivity index (χ0n) is 12.5. The van der Waals surface area contributed by atoms with Crippen molar-refractivity contribution >= 4 is 46.2 Å². The molecule has 1 aromatic carbocycles. The molecule has 3 N–H and O–H groups in total. The van der Waals surface area contributed by atoms with Crippen LogP contribution in [0.4, 0.5) is 0 Å². The molecule has 11 heteroatoms. The molecule has 1 heterocycles. The molecule has 0 spiro atoms. The molecule has 1 saturated heterocycles. The first-order valence-electron chi connectivity index (χ1n) is 6.67. The summed E-state index contributed by atoms with van der Waals surface area (Å²) in [5.74, 6) is -0.709. The Morgan fingerprint density at radius 1 is 1.33 bits per heavy atom. The maximum Gasteiger partial charge on any atom is 0.304 e. The van der Waals surface area contributed by atoms with Crippen molar-refractivity contribution in [3.05, 3.63) is 39.8 Å². The van der Waals surface area contributed by atoms with Gasteiger partial charge in [-0.15, -0.1) is 28.8 Å². The second-order valence-electron chi connectivity index (χ2n) is 4.71. The summed E-state index contributed by atoms with van der Waals surface area (Å²) in [5, 5.41) is 8.63. The van der Waals surface area contributed by atoms with E-state index in [1.807, 2.05) is 6.92 Å². The van der Waals surface area contributed by atoms with Crippen LogP contribution in [0, 0.1) is 6.92 Å². The predicted octanol–water partition coefficient (Wildman–Crippen LogP) is 1.43. The van der Waals surface area contributed by atoms with Gasteiger partial charge < -0.3 is 5.11 Å². The third-order valence-electron chi connectivity index (χ3n) is 2.84. The number of hydroxylamine groups is 2. The van der Waals surface area contributed by atoms with Crippen LogP contribution >= 0.6 is 24.4 Å². The van der Waals surface area contributed by atoms with Gasteiger partial charge in [-0.25, -0.2) is 11.0 Å². The van der Waals surface area contributed by atoms with Crippen LogP contribution < -0.4 is 11.0 Å². The largest absolute Gasteiger partial charge is 0.481 e. The van der Waals surface area contributed by atoms with Crippen LogP contribution in [0.5, 0.6) is 0 Å². The maximum atomic E-state index is 12.3. The molecule has 0 saturated carbocycles. The van der Waals surface area contributed by atoms with Gasteiger partial charge in [-0.3, -0.25) is 4.79 Å². The zero-order valence-corrected chi connectivity index (χ0v) is 15.0. The summed E-state index contributed by atoms with van der Waals surface area (Å²) >= 11 is 5.36. The minimum absolute atomic E-state index is 0.0490. The summed E-state index contributed by atoms with van der Waals surface area (Å²) in [6.45, 7) is 1.85. The van der Waals surface area contributed by atoms with Crippen molar-refractivity contribution in [2.75, 3.05) is 5.75 Å².